The van der Waals surface area contributed by atoms with Gasteiger partial charge in [0.05, 0.1) is 18.8 Å². The Hall–Kier alpha value is -2.66. The number of carbonyl (C=O) groups excluding carboxylic acids is 2. The summed E-state index contributed by atoms with van der Waals surface area (Å²) in [5.74, 6) is 0.134. The number of para-hydroxylation sites is 1. The Morgan fingerprint density at radius 3 is 2.48 bits per heavy atom. The second kappa shape index (κ2) is 9.23. The maximum absolute atomic E-state index is 13.0. The Morgan fingerprint density at radius 1 is 1.07 bits per heavy atom. The molecule has 5 nitrogen and oxygen atoms in total. The van der Waals surface area contributed by atoms with Gasteiger partial charge in [0.1, 0.15) is 11.5 Å². The Balaban J connectivity index is 1.70. The predicted molar refractivity (Wildman–Crippen MR) is 113 cm³/mol. The van der Waals surface area contributed by atoms with Gasteiger partial charge in [0, 0.05) is 12.0 Å². The number of amides is 1. The van der Waals surface area contributed by atoms with Crippen molar-refractivity contribution in [3.8, 4) is 5.75 Å². The van der Waals surface area contributed by atoms with Crippen LogP contribution >= 0.6 is 0 Å². The van der Waals surface area contributed by atoms with E-state index in [1.54, 1.807) is 23.1 Å². The fourth-order valence-corrected chi connectivity index (χ4v) is 3.79. The van der Waals surface area contributed by atoms with Gasteiger partial charge in [-0.25, -0.2) is 0 Å². The maximum Gasteiger partial charge on any atom is 0.264 e. The number of rotatable bonds is 10. The molecule has 2 aromatic carbocycles. The lowest BCUT2D eigenvalue weighted by atomic mass is 9.90. The quantitative estimate of drug-likeness (QED) is 0.607. The normalized spacial score (nSPS) is 18.0. The molecule has 0 aromatic heterocycles. The molecule has 1 aliphatic heterocycles. The number of benzene rings is 2. The molecule has 1 atom stereocenters. The highest BCUT2D eigenvalue weighted by atomic mass is 16.5. The van der Waals surface area contributed by atoms with Gasteiger partial charge in [-0.15, -0.1) is 0 Å². The molecule has 2 aromatic rings. The van der Waals surface area contributed by atoms with Gasteiger partial charge in [-0.2, -0.15) is 0 Å². The van der Waals surface area contributed by atoms with Crippen LogP contribution in [-0.4, -0.2) is 23.4 Å². The third-order valence-electron chi connectivity index (χ3n) is 5.27. The van der Waals surface area contributed by atoms with Crippen molar-refractivity contribution >= 4 is 17.4 Å². The van der Waals surface area contributed by atoms with Gasteiger partial charge in [-0.3, -0.25) is 9.59 Å². The second-order valence-electron chi connectivity index (χ2n) is 7.70. The number of nitrogens with zero attached hydrogens (tertiary/aromatic N) is 1. The molecule has 0 aliphatic carbocycles. The van der Waals surface area contributed by atoms with Crippen LogP contribution in [0.3, 0.4) is 0 Å². The summed E-state index contributed by atoms with van der Waals surface area (Å²) in [6, 6.07) is 14.8. The summed E-state index contributed by atoms with van der Waals surface area (Å²) in [5.41, 5.74) is 0.285. The molecule has 0 saturated heterocycles. The standard InChI is InChI=1S/C24H29NO4/c1-3-4-5-8-15-29-20-13-11-19(12-14-20)17-25-22-10-7-6-9-21(22)24(28,23(25)27)16-18(2)26/h6-7,9-14,28H,3-5,8,15-17H2,1-2H3. The van der Waals surface area contributed by atoms with Crippen molar-refractivity contribution in [2.75, 3.05) is 11.5 Å². The minimum absolute atomic E-state index is 0.218. The summed E-state index contributed by atoms with van der Waals surface area (Å²) >= 11 is 0. The zero-order chi connectivity index (χ0) is 20.9. The summed E-state index contributed by atoms with van der Waals surface area (Å²) in [6.07, 6.45) is 4.43. The molecule has 0 radical (unpaired) electrons. The van der Waals surface area contributed by atoms with Crippen molar-refractivity contribution in [1.82, 2.24) is 0 Å². The zero-order valence-electron chi connectivity index (χ0n) is 17.2. The molecule has 1 aliphatic rings. The van der Waals surface area contributed by atoms with Crippen LogP contribution in [0.1, 0.15) is 57.1 Å². The van der Waals surface area contributed by atoms with Crippen molar-refractivity contribution in [3.05, 3.63) is 59.7 Å². The third-order valence-corrected chi connectivity index (χ3v) is 5.27. The van der Waals surface area contributed by atoms with Crippen molar-refractivity contribution < 1.29 is 19.4 Å². The molecular formula is C24H29NO4. The molecule has 5 heteroatoms. The van der Waals surface area contributed by atoms with Crippen LogP contribution in [0.25, 0.3) is 0 Å². The molecule has 3 rings (SSSR count). The van der Waals surface area contributed by atoms with Crippen LogP contribution in [-0.2, 0) is 21.7 Å². The predicted octanol–water partition coefficient (Wildman–Crippen LogP) is 4.36. The first-order valence-corrected chi connectivity index (χ1v) is 10.3. The minimum atomic E-state index is -1.79. The Kier molecular flexibility index (Phi) is 6.70. The first-order valence-electron chi connectivity index (χ1n) is 10.3. The number of hydrogen-bond acceptors (Lipinski definition) is 4. The second-order valence-corrected chi connectivity index (χ2v) is 7.70. The van der Waals surface area contributed by atoms with E-state index in [1.165, 1.54) is 26.2 Å². The average Bonchev–Trinajstić information content (AvgIpc) is 2.90. The van der Waals surface area contributed by atoms with Gasteiger partial charge in [-0.1, -0.05) is 56.5 Å². The molecule has 1 amide bonds. The summed E-state index contributed by atoms with van der Waals surface area (Å²) in [6.45, 7) is 4.60. The largest absolute Gasteiger partial charge is 0.494 e. The Morgan fingerprint density at radius 2 is 1.79 bits per heavy atom. The number of unbranched alkanes of at least 4 members (excludes halogenated alkanes) is 3. The molecule has 0 saturated carbocycles. The van der Waals surface area contributed by atoms with Gasteiger partial charge in [-0.05, 0) is 37.1 Å². The molecular weight excluding hydrogens is 366 g/mol. The van der Waals surface area contributed by atoms with Crippen LogP contribution in [0.15, 0.2) is 48.5 Å². The van der Waals surface area contributed by atoms with E-state index in [2.05, 4.69) is 6.92 Å². The van der Waals surface area contributed by atoms with E-state index in [0.717, 1.165) is 17.7 Å². The SMILES string of the molecule is CCCCCCOc1ccc(CN2C(=O)C(O)(CC(C)=O)c3ccccc32)cc1. The van der Waals surface area contributed by atoms with Gasteiger partial charge < -0.3 is 14.7 Å². The first-order chi connectivity index (χ1) is 14.0. The van der Waals surface area contributed by atoms with Crippen molar-refractivity contribution in [2.45, 2.75) is 58.1 Å². The van der Waals surface area contributed by atoms with Gasteiger partial charge in [0.25, 0.3) is 5.91 Å². The highest BCUT2D eigenvalue weighted by Gasteiger charge is 2.50. The monoisotopic (exact) mass is 395 g/mol. The maximum atomic E-state index is 13.0. The Bertz CT molecular complexity index is 861. The number of aliphatic hydroxyl groups is 1. The average molecular weight is 395 g/mol. The lowest BCUT2D eigenvalue weighted by Gasteiger charge is -2.22. The molecule has 29 heavy (non-hydrogen) atoms. The number of ether oxygens (including phenoxy) is 1. The van der Waals surface area contributed by atoms with Crippen LogP contribution in [0, 0.1) is 0 Å². The van der Waals surface area contributed by atoms with Crippen LogP contribution in [0.2, 0.25) is 0 Å². The summed E-state index contributed by atoms with van der Waals surface area (Å²) in [4.78, 5) is 26.2. The highest BCUT2D eigenvalue weighted by molar-refractivity contribution is 6.08. The summed E-state index contributed by atoms with van der Waals surface area (Å²) < 4.78 is 5.77. The third kappa shape index (κ3) is 4.67. The van der Waals surface area contributed by atoms with Crippen molar-refractivity contribution in [3.63, 3.8) is 0 Å². The topological polar surface area (TPSA) is 66.8 Å². The molecule has 0 spiro atoms. The molecule has 1 heterocycles. The number of ketones is 1. The van der Waals surface area contributed by atoms with E-state index in [-0.39, 0.29) is 12.2 Å². The van der Waals surface area contributed by atoms with E-state index in [1.807, 2.05) is 30.3 Å². The van der Waals surface area contributed by atoms with Gasteiger partial charge >= 0.3 is 0 Å². The van der Waals surface area contributed by atoms with E-state index in [9.17, 15) is 14.7 Å². The summed E-state index contributed by atoms with van der Waals surface area (Å²) in [5, 5.41) is 11.0. The molecule has 1 unspecified atom stereocenters. The number of hydrogen-bond donors (Lipinski definition) is 1. The Labute approximate surface area is 172 Å². The van der Waals surface area contributed by atoms with E-state index < -0.39 is 11.5 Å². The molecule has 1 N–H and O–H groups in total. The molecule has 0 fully saturated rings. The highest BCUT2D eigenvalue weighted by Crippen LogP contribution is 2.43. The van der Waals surface area contributed by atoms with Crippen LogP contribution in [0.4, 0.5) is 5.69 Å². The van der Waals surface area contributed by atoms with Crippen LogP contribution in [0.5, 0.6) is 5.75 Å². The fourth-order valence-electron chi connectivity index (χ4n) is 3.79. The van der Waals surface area contributed by atoms with Gasteiger partial charge in [0.2, 0.25) is 0 Å². The fraction of sp³-hybridized carbons (Fsp3) is 0.417. The summed E-state index contributed by atoms with van der Waals surface area (Å²) in [7, 11) is 0. The molecule has 0 bridgehead atoms. The zero-order valence-corrected chi connectivity index (χ0v) is 17.2. The van der Waals surface area contributed by atoms with E-state index >= 15 is 0 Å². The lowest BCUT2D eigenvalue weighted by molar-refractivity contribution is -0.141. The van der Waals surface area contributed by atoms with Gasteiger partial charge in [0.15, 0.2) is 5.60 Å². The number of Topliss-reactive ketones (excluding diaryl/α,β-unsaturated/α-hetero) is 1. The van der Waals surface area contributed by atoms with Crippen molar-refractivity contribution in [1.29, 1.82) is 0 Å². The lowest BCUT2D eigenvalue weighted by Crippen LogP contribution is -2.41. The van der Waals surface area contributed by atoms with E-state index in [4.69, 9.17) is 4.74 Å². The number of carbonyl (C=O) groups is 2. The number of anilines is 1. The van der Waals surface area contributed by atoms with E-state index in [0.29, 0.717) is 24.4 Å². The number of fused-ring (bicyclic) bond motifs is 1. The molecule has 154 valence electrons. The van der Waals surface area contributed by atoms with Crippen LogP contribution < -0.4 is 9.64 Å². The first kappa shape index (κ1) is 21.1. The van der Waals surface area contributed by atoms with Crippen molar-refractivity contribution in [2.24, 2.45) is 0 Å². The minimum Gasteiger partial charge on any atom is -0.494 e. The smallest absolute Gasteiger partial charge is 0.264 e.